The van der Waals surface area contributed by atoms with Gasteiger partial charge in [0.05, 0.1) is 6.61 Å². The maximum atomic E-state index is 5.69. The van der Waals surface area contributed by atoms with Crippen LogP contribution in [0.25, 0.3) is 10.8 Å². The van der Waals surface area contributed by atoms with Crippen molar-refractivity contribution < 1.29 is 9.16 Å². The summed E-state index contributed by atoms with van der Waals surface area (Å²) in [7, 11) is 0.638. The minimum Gasteiger partial charge on any atom is -0.417 e. The Balaban J connectivity index is 1.71. The molecule has 0 aromatic heterocycles. The van der Waals surface area contributed by atoms with Crippen LogP contribution in [0.5, 0.6) is 0 Å². The third-order valence-electron chi connectivity index (χ3n) is 3.18. The fraction of sp³-hybridized carbons (Fsp3) is 0.412. The van der Waals surface area contributed by atoms with Crippen LogP contribution in [0.3, 0.4) is 0 Å². The zero-order chi connectivity index (χ0) is 14.0. The summed E-state index contributed by atoms with van der Waals surface area (Å²) in [5.41, 5.74) is 1.37. The van der Waals surface area contributed by atoms with Crippen LogP contribution in [0.4, 0.5) is 0 Å². The van der Waals surface area contributed by atoms with Crippen molar-refractivity contribution in [1.82, 2.24) is 0 Å². The van der Waals surface area contributed by atoms with E-state index < -0.39 is 0 Å². The topological polar surface area (TPSA) is 18.5 Å². The van der Waals surface area contributed by atoms with Gasteiger partial charge in [-0.2, -0.15) is 0 Å². The van der Waals surface area contributed by atoms with Crippen LogP contribution in [0.15, 0.2) is 42.5 Å². The lowest BCUT2D eigenvalue weighted by Gasteiger charge is -2.07. The average Bonchev–Trinajstić information content (AvgIpc) is 2.50. The van der Waals surface area contributed by atoms with Crippen LogP contribution < -0.4 is 0 Å². The van der Waals surface area contributed by atoms with Crippen LogP contribution in [-0.4, -0.2) is 29.6 Å². The molecule has 0 aliphatic heterocycles. The Morgan fingerprint density at radius 3 is 2.70 bits per heavy atom. The molecule has 0 atom stereocenters. The summed E-state index contributed by atoms with van der Waals surface area (Å²) in [4.78, 5) is 0. The number of hydrogen-bond acceptors (Lipinski definition) is 2. The van der Waals surface area contributed by atoms with Crippen molar-refractivity contribution in [2.24, 2.45) is 0 Å². The van der Waals surface area contributed by atoms with Crippen molar-refractivity contribution in [3.8, 4) is 0 Å². The summed E-state index contributed by atoms with van der Waals surface area (Å²) >= 11 is 0. The highest BCUT2D eigenvalue weighted by atomic mass is 28.2. The highest BCUT2D eigenvalue weighted by molar-refractivity contribution is 6.26. The Morgan fingerprint density at radius 1 is 0.950 bits per heavy atom. The smallest absolute Gasteiger partial charge is 0.229 e. The number of fused-ring (bicyclic) bond motifs is 1. The highest BCUT2D eigenvalue weighted by Crippen LogP contribution is 2.18. The van der Waals surface area contributed by atoms with E-state index in [-0.39, 0.29) is 0 Å². The van der Waals surface area contributed by atoms with E-state index in [4.69, 9.17) is 9.16 Å². The molecular weight excluding hydrogens is 264 g/mol. The minimum atomic E-state index is 0.638. The Kier molecular flexibility index (Phi) is 6.78. The molecule has 0 unspecified atom stereocenters. The summed E-state index contributed by atoms with van der Waals surface area (Å²) in [6.45, 7) is 4.53. The molecule has 0 fully saturated rings. The first-order valence-corrected chi connectivity index (χ1v) is 8.42. The van der Waals surface area contributed by atoms with Crippen molar-refractivity contribution in [1.29, 1.82) is 0 Å². The third-order valence-corrected chi connectivity index (χ3v) is 3.87. The van der Waals surface area contributed by atoms with Gasteiger partial charge >= 0.3 is 0 Å². The largest absolute Gasteiger partial charge is 0.417 e. The van der Waals surface area contributed by atoms with Crippen LogP contribution in [0.1, 0.15) is 18.9 Å². The molecule has 0 aliphatic rings. The van der Waals surface area contributed by atoms with Gasteiger partial charge in [-0.1, -0.05) is 49.4 Å². The lowest BCUT2D eigenvalue weighted by molar-refractivity contribution is 0.123. The van der Waals surface area contributed by atoms with E-state index >= 15 is 0 Å². The van der Waals surface area contributed by atoms with Gasteiger partial charge in [0.25, 0.3) is 0 Å². The second kappa shape index (κ2) is 8.90. The van der Waals surface area contributed by atoms with E-state index in [1.165, 1.54) is 16.3 Å². The third kappa shape index (κ3) is 4.74. The maximum Gasteiger partial charge on any atom is 0.229 e. The number of hydrogen-bond donors (Lipinski definition) is 0. The summed E-state index contributed by atoms with van der Waals surface area (Å²) in [6, 6.07) is 16.1. The summed E-state index contributed by atoms with van der Waals surface area (Å²) in [5, 5.41) is 2.64. The fourth-order valence-corrected chi connectivity index (χ4v) is 2.69. The molecule has 2 radical (unpaired) electrons. The van der Waals surface area contributed by atoms with E-state index in [0.717, 1.165) is 38.7 Å². The molecule has 2 aromatic carbocycles. The second-order valence-corrected chi connectivity index (χ2v) is 5.99. The highest BCUT2D eigenvalue weighted by Gasteiger charge is 2.00. The number of rotatable bonds is 9. The lowest BCUT2D eigenvalue weighted by Crippen LogP contribution is -2.05. The molecule has 0 saturated heterocycles. The van der Waals surface area contributed by atoms with Crippen LogP contribution in [0.2, 0.25) is 6.04 Å². The van der Waals surface area contributed by atoms with Gasteiger partial charge in [0.2, 0.25) is 9.76 Å². The molecular formula is C17H22O2Si. The molecule has 0 aliphatic carbocycles. The molecule has 0 bridgehead atoms. The van der Waals surface area contributed by atoms with Gasteiger partial charge in [-0.15, -0.1) is 0 Å². The van der Waals surface area contributed by atoms with Crippen molar-refractivity contribution in [2.45, 2.75) is 25.8 Å². The molecule has 0 N–H and O–H groups in total. The zero-order valence-corrected chi connectivity index (χ0v) is 13.1. The molecule has 2 aromatic rings. The van der Waals surface area contributed by atoms with Gasteiger partial charge in [-0.25, -0.2) is 0 Å². The Morgan fingerprint density at radius 2 is 1.80 bits per heavy atom. The average molecular weight is 286 g/mol. The van der Waals surface area contributed by atoms with E-state index in [1.807, 2.05) is 0 Å². The fourth-order valence-electron chi connectivity index (χ4n) is 2.20. The predicted octanol–water partition coefficient (Wildman–Crippen LogP) is 3.86. The summed E-state index contributed by atoms with van der Waals surface area (Å²) < 4.78 is 11.1. The number of ether oxygens (including phenoxy) is 1. The molecule has 0 saturated carbocycles. The first-order valence-electron chi connectivity index (χ1n) is 7.31. The standard InChI is InChI=1S/C17H22O2Si/c1-2-20-19-13-6-12-18-14-11-16-9-5-8-15-7-3-4-10-17(15)16/h3-5,7-10H,2,6,11-14H2,1H3. The molecule has 2 rings (SSSR count). The predicted molar refractivity (Wildman–Crippen MR) is 85.3 cm³/mol. The van der Waals surface area contributed by atoms with E-state index in [1.54, 1.807) is 0 Å². The molecule has 0 amide bonds. The van der Waals surface area contributed by atoms with Crippen LogP contribution in [0, 0.1) is 0 Å². The Hall–Kier alpha value is -1.16. The van der Waals surface area contributed by atoms with Gasteiger partial charge in [-0.3, -0.25) is 0 Å². The molecule has 0 spiro atoms. The van der Waals surface area contributed by atoms with Crippen molar-refractivity contribution in [3.63, 3.8) is 0 Å². The monoisotopic (exact) mass is 286 g/mol. The first kappa shape index (κ1) is 15.2. The second-order valence-electron chi connectivity index (χ2n) is 4.70. The van der Waals surface area contributed by atoms with E-state index in [0.29, 0.717) is 9.76 Å². The molecule has 3 heteroatoms. The quantitative estimate of drug-likeness (QED) is 0.515. The SMILES string of the molecule is CC[Si]OCCCOCCc1cccc2ccccc12. The Labute approximate surface area is 124 Å². The minimum absolute atomic E-state index is 0.638. The van der Waals surface area contributed by atoms with Gasteiger partial charge in [0, 0.05) is 13.2 Å². The van der Waals surface area contributed by atoms with Crippen LogP contribution >= 0.6 is 0 Å². The normalized spacial score (nSPS) is 11.1. The lowest BCUT2D eigenvalue weighted by atomic mass is 10.0. The summed E-state index contributed by atoms with van der Waals surface area (Å²) in [6.07, 6.45) is 1.96. The zero-order valence-electron chi connectivity index (χ0n) is 12.1. The molecule has 20 heavy (non-hydrogen) atoms. The Bertz CT molecular complexity index is 508. The van der Waals surface area contributed by atoms with Gasteiger partial charge in [-0.05, 0) is 35.2 Å². The van der Waals surface area contributed by atoms with E-state index in [9.17, 15) is 0 Å². The maximum absolute atomic E-state index is 5.69. The van der Waals surface area contributed by atoms with Crippen molar-refractivity contribution in [2.75, 3.05) is 19.8 Å². The molecule has 2 nitrogen and oxygen atoms in total. The van der Waals surface area contributed by atoms with Gasteiger partial charge in [0.15, 0.2) is 0 Å². The van der Waals surface area contributed by atoms with Gasteiger partial charge in [0.1, 0.15) is 0 Å². The first-order chi connectivity index (χ1) is 9.92. The number of benzene rings is 2. The van der Waals surface area contributed by atoms with E-state index in [2.05, 4.69) is 49.4 Å². The van der Waals surface area contributed by atoms with Gasteiger partial charge < -0.3 is 9.16 Å². The molecule has 106 valence electrons. The molecule has 0 heterocycles. The van der Waals surface area contributed by atoms with Crippen LogP contribution in [-0.2, 0) is 15.6 Å². The van der Waals surface area contributed by atoms with Crippen molar-refractivity contribution in [3.05, 3.63) is 48.0 Å². The van der Waals surface area contributed by atoms with Crippen molar-refractivity contribution >= 4 is 20.5 Å². The summed E-state index contributed by atoms with van der Waals surface area (Å²) in [5.74, 6) is 0.